The summed E-state index contributed by atoms with van der Waals surface area (Å²) in [5.74, 6) is -0.874. The summed E-state index contributed by atoms with van der Waals surface area (Å²) < 4.78 is 0. The van der Waals surface area contributed by atoms with Crippen LogP contribution in [0.25, 0.3) is 10.8 Å². The molecule has 0 heterocycles. The van der Waals surface area contributed by atoms with Gasteiger partial charge in [0.2, 0.25) is 0 Å². The zero-order chi connectivity index (χ0) is 11.5. The van der Waals surface area contributed by atoms with E-state index in [1.807, 2.05) is 30.3 Å². The molecular weight excluding hydrogens is 268 g/mol. The normalized spacial score (nSPS) is 10.6. The van der Waals surface area contributed by atoms with Gasteiger partial charge in [0.15, 0.2) is 0 Å². The summed E-state index contributed by atoms with van der Waals surface area (Å²) in [6.07, 6.45) is 0.903. The Morgan fingerprint density at radius 2 is 1.81 bits per heavy atom. The van der Waals surface area contributed by atoms with Crippen LogP contribution in [0.5, 0.6) is 0 Å². The molecule has 0 aliphatic rings. The van der Waals surface area contributed by atoms with E-state index in [0.717, 1.165) is 22.5 Å². The minimum absolute atomic E-state index is 0.369. The van der Waals surface area contributed by atoms with Crippen LogP contribution in [0, 0.1) is 0 Å². The summed E-state index contributed by atoms with van der Waals surface area (Å²) >= 11 is 3.40. The van der Waals surface area contributed by atoms with Crippen molar-refractivity contribution in [2.24, 2.45) is 0 Å². The highest BCUT2D eigenvalue weighted by atomic mass is 79.9. The zero-order valence-electron chi connectivity index (χ0n) is 8.61. The Kier molecular flexibility index (Phi) is 3.25. The lowest BCUT2D eigenvalue weighted by molar-refractivity contribution is 0.0699. The van der Waals surface area contributed by atoms with Gasteiger partial charge in [-0.3, -0.25) is 0 Å². The van der Waals surface area contributed by atoms with Gasteiger partial charge in [0.05, 0.1) is 5.56 Å². The Morgan fingerprint density at radius 1 is 1.12 bits per heavy atom. The van der Waals surface area contributed by atoms with Crippen molar-refractivity contribution in [2.45, 2.75) is 6.42 Å². The molecule has 0 saturated carbocycles. The van der Waals surface area contributed by atoms with E-state index in [1.54, 1.807) is 6.07 Å². The van der Waals surface area contributed by atoms with Gasteiger partial charge in [-0.2, -0.15) is 0 Å². The highest BCUT2D eigenvalue weighted by Gasteiger charge is 2.10. The predicted octanol–water partition coefficient (Wildman–Crippen LogP) is 3.48. The average Bonchev–Trinajstić information content (AvgIpc) is 2.29. The average molecular weight is 279 g/mol. The molecule has 0 fully saturated rings. The van der Waals surface area contributed by atoms with Crippen LogP contribution in [-0.2, 0) is 6.42 Å². The fraction of sp³-hybridized carbons (Fsp3) is 0.154. The van der Waals surface area contributed by atoms with E-state index >= 15 is 0 Å². The molecule has 82 valence electrons. The maximum atomic E-state index is 11.1. The SMILES string of the molecule is O=C(O)c1ccc(CCBr)c2ccccc12. The highest BCUT2D eigenvalue weighted by molar-refractivity contribution is 9.09. The fourth-order valence-electron chi connectivity index (χ4n) is 1.87. The number of halogens is 1. The molecule has 2 aromatic carbocycles. The Hall–Kier alpha value is -1.35. The van der Waals surface area contributed by atoms with Gasteiger partial charge in [0.1, 0.15) is 0 Å². The van der Waals surface area contributed by atoms with Gasteiger partial charge in [0.25, 0.3) is 0 Å². The van der Waals surface area contributed by atoms with Crippen molar-refractivity contribution >= 4 is 32.7 Å². The third kappa shape index (κ3) is 1.95. The zero-order valence-corrected chi connectivity index (χ0v) is 10.2. The van der Waals surface area contributed by atoms with Crippen molar-refractivity contribution in [3.63, 3.8) is 0 Å². The van der Waals surface area contributed by atoms with Crippen LogP contribution in [0.15, 0.2) is 36.4 Å². The van der Waals surface area contributed by atoms with Crippen molar-refractivity contribution in [2.75, 3.05) is 5.33 Å². The Balaban J connectivity index is 2.71. The minimum atomic E-state index is -0.874. The van der Waals surface area contributed by atoms with Crippen LogP contribution < -0.4 is 0 Å². The lowest BCUT2D eigenvalue weighted by Crippen LogP contribution is -1.99. The number of carbonyl (C=O) groups is 1. The number of benzene rings is 2. The smallest absolute Gasteiger partial charge is 0.336 e. The third-order valence-electron chi connectivity index (χ3n) is 2.61. The number of hydrogen-bond donors (Lipinski definition) is 1. The van der Waals surface area contributed by atoms with Gasteiger partial charge in [-0.1, -0.05) is 46.3 Å². The van der Waals surface area contributed by atoms with Gasteiger partial charge in [-0.25, -0.2) is 4.79 Å². The second-order valence-corrected chi connectivity index (χ2v) is 4.35. The molecule has 0 radical (unpaired) electrons. The van der Waals surface area contributed by atoms with Crippen LogP contribution >= 0.6 is 15.9 Å². The van der Waals surface area contributed by atoms with Crippen LogP contribution in [0.4, 0.5) is 0 Å². The molecule has 2 rings (SSSR count). The standard InChI is InChI=1S/C13H11BrO2/c14-8-7-9-5-6-12(13(15)16)11-4-2-1-3-10(9)11/h1-6H,7-8H2,(H,15,16). The molecular formula is C13H11BrO2. The van der Waals surface area contributed by atoms with Crippen molar-refractivity contribution in [3.05, 3.63) is 47.5 Å². The van der Waals surface area contributed by atoms with Gasteiger partial charge < -0.3 is 5.11 Å². The summed E-state index contributed by atoms with van der Waals surface area (Å²) in [5, 5.41) is 11.8. The first-order chi connectivity index (χ1) is 7.74. The topological polar surface area (TPSA) is 37.3 Å². The molecule has 2 aromatic rings. The quantitative estimate of drug-likeness (QED) is 0.873. The van der Waals surface area contributed by atoms with Crippen molar-refractivity contribution in [3.8, 4) is 0 Å². The summed E-state index contributed by atoms with van der Waals surface area (Å²) in [6, 6.07) is 11.2. The van der Waals surface area contributed by atoms with Crippen LogP contribution in [0.2, 0.25) is 0 Å². The molecule has 0 atom stereocenters. The lowest BCUT2D eigenvalue weighted by atomic mass is 9.98. The Morgan fingerprint density at radius 3 is 2.44 bits per heavy atom. The van der Waals surface area contributed by atoms with E-state index in [-0.39, 0.29) is 0 Å². The van der Waals surface area contributed by atoms with Gasteiger partial charge in [-0.05, 0) is 28.8 Å². The summed E-state index contributed by atoms with van der Waals surface area (Å²) in [6.45, 7) is 0. The first-order valence-electron chi connectivity index (χ1n) is 5.04. The number of rotatable bonds is 3. The largest absolute Gasteiger partial charge is 0.478 e. The molecule has 3 heteroatoms. The molecule has 16 heavy (non-hydrogen) atoms. The number of carboxylic acid groups (broad SMARTS) is 1. The number of hydrogen-bond acceptors (Lipinski definition) is 1. The number of aryl methyl sites for hydroxylation is 1. The molecule has 0 saturated heterocycles. The Bertz CT molecular complexity index is 534. The van der Waals surface area contributed by atoms with Crippen molar-refractivity contribution < 1.29 is 9.90 Å². The Labute approximate surface area is 102 Å². The summed E-state index contributed by atoms with van der Waals surface area (Å²) in [4.78, 5) is 11.1. The lowest BCUT2D eigenvalue weighted by Gasteiger charge is -2.07. The van der Waals surface area contributed by atoms with E-state index in [1.165, 1.54) is 5.56 Å². The molecule has 0 aliphatic heterocycles. The fourth-order valence-corrected chi connectivity index (χ4v) is 2.29. The molecule has 0 aliphatic carbocycles. The molecule has 2 nitrogen and oxygen atoms in total. The maximum Gasteiger partial charge on any atom is 0.336 e. The third-order valence-corrected chi connectivity index (χ3v) is 3.01. The molecule has 0 spiro atoms. The molecule has 1 N–H and O–H groups in total. The van der Waals surface area contributed by atoms with Crippen molar-refractivity contribution in [1.29, 1.82) is 0 Å². The van der Waals surface area contributed by atoms with E-state index in [0.29, 0.717) is 5.56 Å². The van der Waals surface area contributed by atoms with Gasteiger partial charge in [-0.15, -0.1) is 0 Å². The molecule has 0 aromatic heterocycles. The number of fused-ring (bicyclic) bond motifs is 1. The molecule has 0 amide bonds. The van der Waals surface area contributed by atoms with E-state index in [2.05, 4.69) is 15.9 Å². The highest BCUT2D eigenvalue weighted by Crippen LogP contribution is 2.23. The number of carboxylic acids is 1. The molecule has 0 bridgehead atoms. The number of aromatic carboxylic acids is 1. The van der Waals surface area contributed by atoms with Crippen LogP contribution in [0.3, 0.4) is 0 Å². The number of alkyl halides is 1. The molecule has 0 unspecified atom stereocenters. The van der Waals surface area contributed by atoms with E-state index < -0.39 is 5.97 Å². The minimum Gasteiger partial charge on any atom is -0.478 e. The first kappa shape index (κ1) is 11.1. The first-order valence-corrected chi connectivity index (χ1v) is 6.16. The monoisotopic (exact) mass is 278 g/mol. The maximum absolute atomic E-state index is 11.1. The van der Waals surface area contributed by atoms with E-state index in [9.17, 15) is 4.79 Å². The second kappa shape index (κ2) is 4.66. The van der Waals surface area contributed by atoms with Crippen LogP contribution in [0.1, 0.15) is 15.9 Å². The van der Waals surface area contributed by atoms with Crippen molar-refractivity contribution in [1.82, 2.24) is 0 Å². The summed E-state index contributed by atoms with van der Waals surface area (Å²) in [7, 11) is 0. The predicted molar refractivity (Wildman–Crippen MR) is 68.4 cm³/mol. The van der Waals surface area contributed by atoms with Gasteiger partial charge >= 0.3 is 5.97 Å². The van der Waals surface area contributed by atoms with Crippen LogP contribution in [-0.4, -0.2) is 16.4 Å². The van der Waals surface area contributed by atoms with Gasteiger partial charge in [0, 0.05) is 5.33 Å². The second-order valence-electron chi connectivity index (χ2n) is 3.56. The van der Waals surface area contributed by atoms with E-state index in [4.69, 9.17) is 5.11 Å². The summed E-state index contributed by atoms with van der Waals surface area (Å²) in [5.41, 5.74) is 1.55.